The molecule has 0 bridgehead atoms. The molecule has 0 spiro atoms. The zero-order chi connectivity index (χ0) is 21.8. The lowest BCUT2D eigenvalue weighted by atomic mass is 9.97. The Morgan fingerprint density at radius 1 is 1.06 bits per heavy atom. The summed E-state index contributed by atoms with van der Waals surface area (Å²) in [6.45, 7) is 0.984. The normalized spacial score (nSPS) is 16.3. The van der Waals surface area contributed by atoms with Crippen molar-refractivity contribution in [3.8, 4) is 16.9 Å². The van der Waals surface area contributed by atoms with Gasteiger partial charge in [-0.25, -0.2) is 0 Å². The molecule has 0 unspecified atom stereocenters. The van der Waals surface area contributed by atoms with E-state index in [0.717, 1.165) is 16.7 Å². The fourth-order valence-corrected chi connectivity index (χ4v) is 3.96. The summed E-state index contributed by atoms with van der Waals surface area (Å²) in [5.74, 6) is 0.268. The summed E-state index contributed by atoms with van der Waals surface area (Å²) < 4.78 is 5.37. The lowest BCUT2D eigenvalue weighted by Gasteiger charge is -2.39. The summed E-state index contributed by atoms with van der Waals surface area (Å²) in [4.78, 5) is 34.0. The number of methoxy groups -OCH3 is 1. The maximum absolute atomic E-state index is 13.4. The fraction of sp³-hybridized carbons (Fsp3) is 0.240. The number of carbonyl (C=O) groups excluding carboxylic acids is 2. The van der Waals surface area contributed by atoms with Crippen molar-refractivity contribution >= 4 is 11.8 Å². The number of aromatic nitrogens is 1. The molecule has 2 amide bonds. The summed E-state index contributed by atoms with van der Waals surface area (Å²) in [6, 6.07) is 18.5. The van der Waals surface area contributed by atoms with Gasteiger partial charge in [0, 0.05) is 39.0 Å². The minimum absolute atomic E-state index is 0.0544. The lowest BCUT2D eigenvalue weighted by Crippen LogP contribution is -2.58. The van der Waals surface area contributed by atoms with Crippen molar-refractivity contribution in [2.24, 2.45) is 0 Å². The number of para-hydroxylation sites is 1. The molecule has 0 N–H and O–H groups in total. The highest BCUT2D eigenvalue weighted by Gasteiger charge is 2.37. The van der Waals surface area contributed by atoms with Gasteiger partial charge in [0.1, 0.15) is 11.8 Å². The van der Waals surface area contributed by atoms with Gasteiger partial charge < -0.3 is 14.5 Å². The summed E-state index contributed by atoms with van der Waals surface area (Å²) in [5.41, 5.74) is 3.51. The molecule has 1 saturated heterocycles. The van der Waals surface area contributed by atoms with E-state index in [9.17, 15) is 9.59 Å². The van der Waals surface area contributed by atoms with Crippen molar-refractivity contribution in [1.82, 2.24) is 14.8 Å². The van der Waals surface area contributed by atoms with Gasteiger partial charge in [0.15, 0.2) is 0 Å². The molecule has 3 aromatic rings. The lowest BCUT2D eigenvalue weighted by molar-refractivity contribution is -0.138. The van der Waals surface area contributed by atoms with Crippen LogP contribution < -0.4 is 4.74 Å². The first-order valence-corrected chi connectivity index (χ1v) is 10.3. The van der Waals surface area contributed by atoms with Gasteiger partial charge in [0.2, 0.25) is 5.91 Å². The number of hydrogen-bond donors (Lipinski definition) is 0. The molecule has 0 radical (unpaired) electrons. The van der Waals surface area contributed by atoms with Crippen molar-refractivity contribution in [3.63, 3.8) is 0 Å². The minimum Gasteiger partial charge on any atom is -0.496 e. The first-order chi connectivity index (χ1) is 15.1. The summed E-state index contributed by atoms with van der Waals surface area (Å²) in [6.07, 6.45) is 4.00. The van der Waals surface area contributed by atoms with E-state index < -0.39 is 6.04 Å². The number of likely N-dealkylation sites (N-methyl/N-ethyl adjacent to an activating group) is 1. The zero-order valence-electron chi connectivity index (χ0n) is 17.7. The maximum atomic E-state index is 13.4. The van der Waals surface area contributed by atoms with Gasteiger partial charge in [-0.2, -0.15) is 0 Å². The van der Waals surface area contributed by atoms with E-state index >= 15 is 0 Å². The number of pyridine rings is 1. The van der Waals surface area contributed by atoms with Gasteiger partial charge in [0.05, 0.1) is 12.7 Å². The molecule has 158 valence electrons. The van der Waals surface area contributed by atoms with Gasteiger partial charge in [-0.05, 0) is 34.9 Å². The zero-order valence-corrected chi connectivity index (χ0v) is 17.7. The highest BCUT2D eigenvalue weighted by molar-refractivity contribution is 6.00. The van der Waals surface area contributed by atoms with Crippen LogP contribution in [0.5, 0.6) is 5.75 Å². The topological polar surface area (TPSA) is 62.7 Å². The van der Waals surface area contributed by atoms with Crippen LogP contribution in [0, 0.1) is 0 Å². The summed E-state index contributed by atoms with van der Waals surface area (Å²) in [5, 5.41) is 0. The molecule has 1 aliphatic heterocycles. The van der Waals surface area contributed by atoms with Crippen LogP contribution >= 0.6 is 0 Å². The Balaban J connectivity index is 1.64. The number of ether oxygens (including phenoxy) is 1. The highest BCUT2D eigenvalue weighted by Crippen LogP contribution is 2.25. The molecule has 6 nitrogen and oxygen atoms in total. The molecule has 0 aliphatic carbocycles. The Kier molecular flexibility index (Phi) is 5.98. The number of piperazine rings is 1. The number of benzene rings is 2. The maximum Gasteiger partial charge on any atom is 0.258 e. The van der Waals surface area contributed by atoms with E-state index in [2.05, 4.69) is 11.1 Å². The first kappa shape index (κ1) is 20.6. The van der Waals surface area contributed by atoms with Crippen LogP contribution in [0.4, 0.5) is 0 Å². The number of nitrogens with zero attached hydrogens (tertiary/aromatic N) is 3. The van der Waals surface area contributed by atoms with Crippen LogP contribution in [-0.4, -0.2) is 59.9 Å². The third kappa shape index (κ3) is 4.28. The van der Waals surface area contributed by atoms with Gasteiger partial charge in [-0.3, -0.25) is 14.6 Å². The largest absolute Gasteiger partial charge is 0.496 e. The molecule has 2 heterocycles. The van der Waals surface area contributed by atoms with Crippen molar-refractivity contribution in [3.05, 3.63) is 84.2 Å². The van der Waals surface area contributed by atoms with Crippen molar-refractivity contribution in [2.75, 3.05) is 27.2 Å². The second-order valence-electron chi connectivity index (χ2n) is 7.62. The summed E-state index contributed by atoms with van der Waals surface area (Å²) in [7, 11) is 3.33. The molecule has 2 aromatic carbocycles. The smallest absolute Gasteiger partial charge is 0.258 e. The fourth-order valence-electron chi connectivity index (χ4n) is 3.96. The molecule has 0 saturated carbocycles. The Bertz CT molecular complexity index is 1080. The molecule has 4 rings (SSSR count). The average Bonchev–Trinajstić information content (AvgIpc) is 2.82. The SMILES string of the molecule is COc1ccccc1C(=O)N1CCN(C)C(=O)[C@@H]1Cc1cccc(-c2cccnc2)c1. The van der Waals surface area contributed by atoms with Crippen LogP contribution in [0.25, 0.3) is 11.1 Å². The van der Waals surface area contributed by atoms with Gasteiger partial charge in [-0.15, -0.1) is 0 Å². The Hall–Kier alpha value is -3.67. The molecule has 1 fully saturated rings. The van der Waals surface area contributed by atoms with Crippen molar-refractivity contribution in [2.45, 2.75) is 12.5 Å². The molecule has 31 heavy (non-hydrogen) atoms. The number of rotatable bonds is 5. The van der Waals surface area contributed by atoms with E-state index in [4.69, 9.17) is 4.74 Å². The predicted octanol–water partition coefficient (Wildman–Crippen LogP) is 3.28. The minimum atomic E-state index is -0.569. The van der Waals surface area contributed by atoms with Crippen LogP contribution in [0.15, 0.2) is 73.1 Å². The van der Waals surface area contributed by atoms with E-state index in [1.54, 1.807) is 48.4 Å². The quantitative estimate of drug-likeness (QED) is 0.642. The molecule has 1 atom stereocenters. The molecule has 1 aromatic heterocycles. The number of carbonyl (C=O) groups is 2. The Morgan fingerprint density at radius 2 is 1.87 bits per heavy atom. The molecular weight excluding hydrogens is 390 g/mol. The molecule has 1 aliphatic rings. The Morgan fingerprint density at radius 3 is 2.65 bits per heavy atom. The predicted molar refractivity (Wildman–Crippen MR) is 119 cm³/mol. The monoisotopic (exact) mass is 415 g/mol. The van der Waals surface area contributed by atoms with Crippen LogP contribution in [0.1, 0.15) is 15.9 Å². The Labute approximate surface area is 182 Å². The molecule has 6 heteroatoms. The van der Waals surface area contributed by atoms with Crippen molar-refractivity contribution < 1.29 is 14.3 Å². The second kappa shape index (κ2) is 9.00. The third-order valence-electron chi connectivity index (χ3n) is 5.66. The van der Waals surface area contributed by atoms with E-state index in [1.165, 1.54) is 0 Å². The first-order valence-electron chi connectivity index (χ1n) is 10.3. The second-order valence-corrected chi connectivity index (χ2v) is 7.62. The van der Waals surface area contributed by atoms with E-state index in [0.29, 0.717) is 30.8 Å². The average molecular weight is 415 g/mol. The number of amides is 2. The van der Waals surface area contributed by atoms with Crippen LogP contribution in [-0.2, 0) is 11.2 Å². The number of hydrogen-bond acceptors (Lipinski definition) is 4. The van der Waals surface area contributed by atoms with Gasteiger partial charge in [0.25, 0.3) is 5.91 Å². The van der Waals surface area contributed by atoms with Crippen LogP contribution in [0.3, 0.4) is 0 Å². The van der Waals surface area contributed by atoms with Gasteiger partial charge >= 0.3 is 0 Å². The van der Waals surface area contributed by atoms with E-state index in [1.807, 2.05) is 42.6 Å². The summed E-state index contributed by atoms with van der Waals surface area (Å²) >= 11 is 0. The van der Waals surface area contributed by atoms with Crippen molar-refractivity contribution in [1.29, 1.82) is 0 Å². The molecular formula is C25H25N3O3. The van der Waals surface area contributed by atoms with Crippen LogP contribution in [0.2, 0.25) is 0 Å². The highest BCUT2D eigenvalue weighted by atomic mass is 16.5. The van der Waals surface area contributed by atoms with Gasteiger partial charge in [-0.1, -0.05) is 42.5 Å². The standard InChI is InChI=1S/C25H25N3O3/c1-27-13-14-28(24(29)21-10-3-4-11-23(21)31-2)22(25(27)30)16-18-7-5-8-19(15-18)20-9-6-12-26-17-20/h3-12,15,17,22H,13-14,16H2,1-2H3/t22-/m0/s1. The van der Waals surface area contributed by atoms with E-state index in [-0.39, 0.29) is 11.8 Å². The third-order valence-corrected chi connectivity index (χ3v) is 5.66.